The molecule has 0 saturated carbocycles. The van der Waals surface area contributed by atoms with Crippen molar-refractivity contribution >= 4 is 5.91 Å². The van der Waals surface area contributed by atoms with Crippen molar-refractivity contribution in [1.82, 2.24) is 15.2 Å². The number of hydrogen-bond donors (Lipinski definition) is 1. The van der Waals surface area contributed by atoms with Crippen molar-refractivity contribution in [3.8, 4) is 0 Å². The number of likely N-dealkylation sites (N-methyl/N-ethyl adjacent to an activating group) is 1. The summed E-state index contributed by atoms with van der Waals surface area (Å²) < 4.78 is 0. The van der Waals surface area contributed by atoms with Crippen LogP contribution in [0.5, 0.6) is 0 Å². The first-order valence-corrected chi connectivity index (χ1v) is 6.72. The van der Waals surface area contributed by atoms with Crippen molar-refractivity contribution in [2.75, 3.05) is 13.1 Å². The van der Waals surface area contributed by atoms with Gasteiger partial charge < -0.3 is 10.2 Å². The lowest BCUT2D eigenvalue weighted by Gasteiger charge is -2.29. The monoisotopic (exact) mass is 247 g/mol. The number of piperidine rings is 1. The molecule has 0 radical (unpaired) electrons. The summed E-state index contributed by atoms with van der Waals surface area (Å²) in [7, 11) is 0. The van der Waals surface area contributed by atoms with Gasteiger partial charge in [-0.1, -0.05) is 6.42 Å². The molecule has 0 spiro atoms. The van der Waals surface area contributed by atoms with E-state index in [-0.39, 0.29) is 11.9 Å². The van der Waals surface area contributed by atoms with Crippen molar-refractivity contribution in [3.05, 3.63) is 30.1 Å². The largest absolute Gasteiger partial charge is 0.337 e. The van der Waals surface area contributed by atoms with Gasteiger partial charge in [-0.2, -0.15) is 0 Å². The highest BCUT2D eigenvalue weighted by Crippen LogP contribution is 2.12. The molecule has 0 unspecified atom stereocenters. The van der Waals surface area contributed by atoms with Crippen LogP contribution < -0.4 is 5.32 Å². The minimum Gasteiger partial charge on any atom is -0.337 e. The van der Waals surface area contributed by atoms with E-state index in [0.717, 1.165) is 31.5 Å². The first-order valence-electron chi connectivity index (χ1n) is 6.72. The molecule has 0 aromatic carbocycles. The zero-order valence-electron chi connectivity index (χ0n) is 10.9. The molecule has 1 aromatic rings. The third-order valence-electron chi connectivity index (χ3n) is 3.42. The molecule has 18 heavy (non-hydrogen) atoms. The van der Waals surface area contributed by atoms with Crippen molar-refractivity contribution in [1.29, 1.82) is 0 Å². The highest BCUT2D eigenvalue weighted by atomic mass is 16.2. The summed E-state index contributed by atoms with van der Waals surface area (Å²) in [5, 5.41) is 3.32. The average molecular weight is 247 g/mol. The van der Waals surface area contributed by atoms with Gasteiger partial charge in [0.25, 0.3) is 0 Å². The van der Waals surface area contributed by atoms with Crippen LogP contribution in [0.3, 0.4) is 0 Å². The van der Waals surface area contributed by atoms with Crippen molar-refractivity contribution in [2.45, 2.75) is 38.8 Å². The van der Waals surface area contributed by atoms with Crippen LogP contribution in [-0.4, -0.2) is 34.9 Å². The number of rotatable bonds is 4. The quantitative estimate of drug-likeness (QED) is 0.878. The number of nitrogens with one attached hydrogen (secondary N) is 1. The van der Waals surface area contributed by atoms with E-state index in [0.29, 0.717) is 6.54 Å². The molecule has 1 aliphatic rings. The predicted octanol–water partition coefficient (Wildman–Crippen LogP) is 1.57. The highest BCUT2D eigenvalue weighted by molar-refractivity contribution is 5.82. The van der Waals surface area contributed by atoms with Gasteiger partial charge in [-0.05, 0) is 44.0 Å². The molecule has 0 bridgehead atoms. The molecule has 1 aromatic heterocycles. The van der Waals surface area contributed by atoms with Crippen LogP contribution in [0.15, 0.2) is 24.5 Å². The molecule has 1 saturated heterocycles. The molecule has 1 aliphatic heterocycles. The van der Waals surface area contributed by atoms with Crippen LogP contribution in [0.25, 0.3) is 0 Å². The number of carbonyl (C=O) groups excluding carboxylic acids is 1. The number of aromatic nitrogens is 1. The molecule has 2 heterocycles. The lowest BCUT2D eigenvalue weighted by atomic mass is 10.0. The summed E-state index contributed by atoms with van der Waals surface area (Å²) in [5.74, 6) is 0.231. The molecule has 4 nitrogen and oxygen atoms in total. The Balaban J connectivity index is 1.97. The maximum Gasteiger partial charge on any atom is 0.239 e. The van der Waals surface area contributed by atoms with E-state index >= 15 is 0 Å². The van der Waals surface area contributed by atoms with Crippen molar-refractivity contribution in [2.24, 2.45) is 0 Å². The van der Waals surface area contributed by atoms with E-state index in [1.807, 2.05) is 24.0 Å². The van der Waals surface area contributed by atoms with Crippen LogP contribution in [0.1, 0.15) is 31.7 Å². The summed E-state index contributed by atoms with van der Waals surface area (Å²) in [4.78, 5) is 18.3. The second-order valence-electron chi connectivity index (χ2n) is 4.71. The van der Waals surface area contributed by atoms with Gasteiger partial charge in [-0.3, -0.25) is 9.78 Å². The molecular weight excluding hydrogens is 226 g/mol. The summed E-state index contributed by atoms with van der Waals surface area (Å²) >= 11 is 0. The molecule has 1 atom stereocenters. The summed E-state index contributed by atoms with van der Waals surface area (Å²) in [5.41, 5.74) is 1.14. The van der Waals surface area contributed by atoms with Gasteiger partial charge in [-0.25, -0.2) is 0 Å². The fourth-order valence-electron chi connectivity index (χ4n) is 2.34. The smallest absolute Gasteiger partial charge is 0.239 e. The molecule has 1 fully saturated rings. The van der Waals surface area contributed by atoms with E-state index < -0.39 is 0 Å². The van der Waals surface area contributed by atoms with Gasteiger partial charge >= 0.3 is 0 Å². The summed E-state index contributed by atoms with van der Waals surface area (Å²) in [6.45, 7) is 4.42. The first-order chi connectivity index (χ1) is 8.81. The lowest BCUT2D eigenvalue weighted by molar-refractivity contribution is -0.134. The minimum absolute atomic E-state index is 0.0144. The normalized spacial score (nSPS) is 19.5. The van der Waals surface area contributed by atoms with Gasteiger partial charge in [0.15, 0.2) is 0 Å². The Labute approximate surface area is 108 Å². The number of amides is 1. The van der Waals surface area contributed by atoms with Crippen LogP contribution in [0.2, 0.25) is 0 Å². The molecule has 1 N–H and O–H groups in total. The number of hydrogen-bond acceptors (Lipinski definition) is 3. The number of carbonyl (C=O) groups is 1. The zero-order valence-corrected chi connectivity index (χ0v) is 10.9. The standard InChI is InChI=1S/C14H21N3O/c1-2-17(11-12-6-9-15-10-7-12)14(18)13-5-3-4-8-16-13/h6-7,9-10,13,16H,2-5,8,11H2,1H3/t13-/m1/s1. The van der Waals surface area contributed by atoms with E-state index in [2.05, 4.69) is 10.3 Å². The predicted molar refractivity (Wildman–Crippen MR) is 71.0 cm³/mol. The average Bonchev–Trinajstić information content (AvgIpc) is 2.46. The van der Waals surface area contributed by atoms with Crippen LogP contribution >= 0.6 is 0 Å². The number of nitrogens with zero attached hydrogens (tertiary/aromatic N) is 2. The Hall–Kier alpha value is -1.42. The summed E-state index contributed by atoms with van der Waals surface area (Å²) in [6.07, 6.45) is 6.83. The second kappa shape index (κ2) is 6.50. The van der Waals surface area contributed by atoms with Crippen molar-refractivity contribution < 1.29 is 4.79 Å². The van der Waals surface area contributed by atoms with Crippen molar-refractivity contribution in [3.63, 3.8) is 0 Å². The molecule has 0 aliphatic carbocycles. The fraction of sp³-hybridized carbons (Fsp3) is 0.571. The van der Waals surface area contributed by atoms with Gasteiger partial charge in [-0.15, -0.1) is 0 Å². The van der Waals surface area contributed by atoms with E-state index in [1.165, 1.54) is 6.42 Å². The Morgan fingerprint density at radius 1 is 1.44 bits per heavy atom. The van der Waals surface area contributed by atoms with Gasteiger partial charge in [0.1, 0.15) is 0 Å². The van der Waals surface area contributed by atoms with Crippen LogP contribution in [0.4, 0.5) is 0 Å². The molecule has 1 amide bonds. The van der Waals surface area contributed by atoms with E-state index in [9.17, 15) is 4.79 Å². The minimum atomic E-state index is 0.0144. The van der Waals surface area contributed by atoms with Gasteiger partial charge in [0.2, 0.25) is 5.91 Å². The second-order valence-corrected chi connectivity index (χ2v) is 4.71. The molecule has 2 rings (SSSR count). The highest BCUT2D eigenvalue weighted by Gasteiger charge is 2.24. The molecule has 4 heteroatoms. The summed E-state index contributed by atoms with van der Waals surface area (Å²) in [6, 6.07) is 3.94. The Morgan fingerprint density at radius 3 is 2.83 bits per heavy atom. The Morgan fingerprint density at radius 2 is 2.22 bits per heavy atom. The molecule has 98 valence electrons. The van der Waals surface area contributed by atoms with Gasteiger partial charge in [0.05, 0.1) is 6.04 Å². The third kappa shape index (κ3) is 3.29. The lowest BCUT2D eigenvalue weighted by Crippen LogP contribution is -2.48. The molecular formula is C14H21N3O. The Kier molecular flexibility index (Phi) is 4.70. The number of pyridine rings is 1. The maximum atomic E-state index is 12.4. The Bertz CT molecular complexity index is 374. The van der Waals surface area contributed by atoms with Gasteiger partial charge in [0, 0.05) is 25.5 Å². The third-order valence-corrected chi connectivity index (χ3v) is 3.42. The van der Waals surface area contributed by atoms with Crippen LogP contribution in [0, 0.1) is 0 Å². The first kappa shape index (κ1) is 13.0. The maximum absolute atomic E-state index is 12.4. The van der Waals surface area contributed by atoms with E-state index in [1.54, 1.807) is 12.4 Å². The SMILES string of the molecule is CCN(Cc1ccncc1)C(=O)[C@H]1CCCCN1. The zero-order chi connectivity index (χ0) is 12.8. The topological polar surface area (TPSA) is 45.2 Å². The van der Waals surface area contributed by atoms with Crippen LogP contribution in [-0.2, 0) is 11.3 Å². The van der Waals surface area contributed by atoms with E-state index in [4.69, 9.17) is 0 Å². The fourth-order valence-corrected chi connectivity index (χ4v) is 2.34.